The molecule has 0 aliphatic rings. The number of aryl methyl sites for hydroxylation is 1. The molecule has 0 bridgehead atoms. The number of rotatable bonds is 4. The molecule has 1 aromatic rings. The molecule has 4 heteroatoms. The standard InChI is InChI=1S/C9H16ClN2.ClH/c1-3-4-9(10)7-12-6-5-11(2)8-12;/h5-6,8-9H,3-4,7H2,1-2H3;1H/q+1;/p-1. The van der Waals surface area contributed by atoms with Crippen LogP contribution in [-0.2, 0) is 13.6 Å². The molecule has 1 aromatic heterocycles. The van der Waals surface area contributed by atoms with E-state index in [1.807, 2.05) is 30.3 Å². The van der Waals surface area contributed by atoms with E-state index >= 15 is 0 Å². The first kappa shape index (κ1) is 12.8. The van der Waals surface area contributed by atoms with Crippen LogP contribution in [0.4, 0.5) is 0 Å². The summed E-state index contributed by atoms with van der Waals surface area (Å²) < 4.78 is 4.14. The summed E-state index contributed by atoms with van der Waals surface area (Å²) in [6, 6.07) is 0. The summed E-state index contributed by atoms with van der Waals surface area (Å²) in [7, 11) is 2.01. The summed E-state index contributed by atoms with van der Waals surface area (Å²) in [5, 5.41) is 0.266. The number of alkyl halides is 1. The van der Waals surface area contributed by atoms with E-state index in [0.29, 0.717) is 0 Å². The van der Waals surface area contributed by atoms with Crippen molar-refractivity contribution in [2.24, 2.45) is 7.05 Å². The summed E-state index contributed by atoms with van der Waals surface area (Å²) >= 11 is 6.09. The van der Waals surface area contributed by atoms with E-state index < -0.39 is 0 Å². The van der Waals surface area contributed by atoms with Crippen molar-refractivity contribution >= 4 is 11.6 Å². The Balaban J connectivity index is 0.00000144. The second-order valence-corrected chi connectivity index (χ2v) is 3.78. The van der Waals surface area contributed by atoms with Gasteiger partial charge in [0.25, 0.3) is 0 Å². The summed E-state index contributed by atoms with van der Waals surface area (Å²) in [6.07, 6.45) is 8.36. The molecule has 2 nitrogen and oxygen atoms in total. The molecule has 1 atom stereocenters. The van der Waals surface area contributed by atoms with Crippen molar-refractivity contribution < 1.29 is 17.0 Å². The number of hydrogen-bond donors (Lipinski definition) is 0. The fourth-order valence-corrected chi connectivity index (χ4v) is 1.62. The lowest BCUT2D eigenvalue weighted by Crippen LogP contribution is -3.00. The Bertz CT molecular complexity index is 235. The van der Waals surface area contributed by atoms with E-state index in [1.54, 1.807) is 0 Å². The number of nitrogens with zero attached hydrogens (tertiary/aromatic N) is 2. The van der Waals surface area contributed by atoms with E-state index in [1.165, 1.54) is 0 Å². The first-order valence-corrected chi connectivity index (χ1v) is 4.81. The predicted octanol–water partition coefficient (Wildman–Crippen LogP) is -1.28. The SMILES string of the molecule is CCCC(Cl)Cn1cc[n+](C)c1.[Cl-]. The zero-order chi connectivity index (χ0) is 8.97. The Morgan fingerprint density at radius 2 is 2.23 bits per heavy atom. The maximum Gasteiger partial charge on any atom is 0.243 e. The van der Waals surface area contributed by atoms with Crippen LogP contribution >= 0.6 is 11.6 Å². The van der Waals surface area contributed by atoms with E-state index in [9.17, 15) is 0 Å². The second-order valence-electron chi connectivity index (χ2n) is 3.16. The van der Waals surface area contributed by atoms with Crippen LogP contribution in [0.5, 0.6) is 0 Å². The molecular formula is C9H16Cl2N2. The highest BCUT2D eigenvalue weighted by Gasteiger charge is 2.07. The normalized spacial score (nSPS) is 12.2. The van der Waals surface area contributed by atoms with E-state index in [4.69, 9.17) is 11.6 Å². The van der Waals surface area contributed by atoms with Crippen molar-refractivity contribution in [2.75, 3.05) is 0 Å². The van der Waals surface area contributed by atoms with E-state index in [-0.39, 0.29) is 17.8 Å². The summed E-state index contributed by atoms with van der Waals surface area (Å²) in [6.45, 7) is 3.07. The number of aromatic nitrogens is 2. The molecule has 0 aliphatic carbocycles. The molecule has 0 saturated carbocycles. The molecule has 0 saturated heterocycles. The van der Waals surface area contributed by atoms with Gasteiger partial charge in [0.2, 0.25) is 6.33 Å². The fourth-order valence-electron chi connectivity index (χ4n) is 1.24. The zero-order valence-corrected chi connectivity index (χ0v) is 9.59. The average molecular weight is 223 g/mol. The van der Waals surface area contributed by atoms with Crippen LogP contribution in [0.3, 0.4) is 0 Å². The van der Waals surface area contributed by atoms with Crippen LogP contribution in [0, 0.1) is 0 Å². The lowest BCUT2D eigenvalue weighted by molar-refractivity contribution is -0.671. The third-order valence-corrected chi connectivity index (χ3v) is 2.19. The van der Waals surface area contributed by atoms with Crippen LogP contribution in [0.1, 0.15) is 19.8 Å². The Morgan fingerprint density at radius 3 is 2.69 bits per heavy atom. The second kappa shape index (κ2) is 6.28. The molecule has 1 rings (SSSR count). The molecule has 13 heavy (non-hydrogen) atoms. The Labute approximate surface area is 90.9 Å². The van der Waals surface area contributed by atoms with Crippen molar-refractivity contribution in [2.45, 2.75) is 31.7 Å². The van der Waals surface area contributed by atoms with Crippen molar-refractivity contribution in [3.05, 3.63) is 18.7 Å². The molecular weight excluding hydrogens is 207 g/mol. The van der Waals surface area contributed by atoms with Gasteiger partial charge in [-0.25, -0.2) is 9.13 Å². The van der Waals surface area contributed by atoms with E-state index in [0.717, 1.165) is 19.4 Å². The van der Waals surface area contributed by atoms with Crippen molar-refractivity contribution in [3.8, 4) is 0 Å². The highest BCUT2D eigenvalue weighted by Crippen LogP contribution is 2.07. The molecule has 0 fully saturated rings. The fraction of sp³-hybridized carbons (Fsp3) is 0.667. The van der Waals surface area contributed by atoms with Crippen LogP contribution in [0.2, 0.25) is 0 Å². The smallest absolute Gasteiger partial charge is 0.243 e. The molecule has 76 valence electrons. The first-order valence-electron chi connectivity index (χ1n) is 4.37. The van der Waals surface area contributed by atoms with Gasteiger partial charge < -0.3 is 12.4 Å². The Hall–Kier alpha value is -0.210. The van der Waals surface area contributed by atoms with Gasteiger partial charge >= 0.3 is 0 Å². The van der Waals surface area contributed by atoms with Gasteiger partial charge in [0, 0.05) is 0 Å². The predicted molar refractivity (Wildman–Crippen MR) is 50.2 cm³/mol. The van der Waals surface area contributed by atoms with Gasteiger partial charge in [0.15, 0.2) is 0 Å². The van der Waals surface area contributed by atoms with Gasteiger partial charge in [0.1, 0.15) is 18.9 Å². The highest BCUT2D eigenvalue weighted by molar-refractivity contribution is 6.20. The minimum atomic E-state index is 0. The molecule has 0 amide bonds. The first-order chi connectivity index (χ1) is 5.72. The quantitative estimate of drug-likeness (QED) is 0.444. The van der Waals surface area contributed by atoms with Crippen LogP contribution < -0.4 is 17.0 Å². The summed E-state index contributed by atoms with van der Waals surface area (Å²) in [4.78, 5) is 0. The minimum Gasteiger partial charge on any atom is -1.00 e. The maximum atomic E-state index is 6.09. The van der Waals surface area contributed by atoms with Crippen molar-refractivity contribution in [3.63, 3.8) is 0 Å². The minimum absolute atomic E-state index is 0. The van der Waals surface area contributed by atoms with Crippen LogP contribution in [0.25, 0.3) is 0 Å². The lowest BCUT2D eigenvalue weighted by atomic mass is 10.2. The molecule has 0 aromatic carbocycles. The maximum absolute atomic E-state index is 6.09. The third-order valence-electron chi connectivity index (χ3n) is 1.83. The largest absolute Gasteiger partial charge is 1.00 e. The van der Waals surface area contributed by atoms with Gasteiger partial charge in [-0.05, 0) is 6.42 Å². The van der Waals surface area contributed by atoms with Gasteiger partial charge in [-0.2, -0.15) is 0 Å². The van der Waals surface area contributed by atoms with Crippen molar-refractivity contribution in [1.29, 1.82) is 0 Å². The molecule has 1 unspecified atom stereocenters. The van der Waals surface area contributed by atoms with E-state index in [2.05, 4.69) is 11.5 Å². The summed E-state index contributed by atoms with van der Waals surface area (Å²) in [5.74, 6) is 0. The van der Waals surface area contributed by atoms with Gasteiger partial charge in [-0.1, -0.05) is 13.3 Å². The zero-order valence-electron chi connectivity index (χ0n) is 8.08. The van der Waals surface area contributed by atoms with Gasteiger partial charge in [-0.15, -0.1) is 11.6 Å². The van der Waals surface area contributed by atoms with Crippen LogP contribution in [0.15, 0.2) is 18.7 Å². The number of imidazole rings is 1. The molecule has 0 radical (unpaired) electrons. The lowest BCUT2D eigenvalue weighted by Gasteiger charge is -2.03. The van der Waals surface area contributed by atoms with Crippen molar-refractivity contribution in [1.82, 2.24) is 4.57 Å². The number of halogens is 2. The van der Waals surface area contributed by atoms with Gasteiger partial charge in [0.05, 0.1) is 12.4 Å². The molecule has 0 aliphatic heterocycles. The molecule has 0 spiro atoms. The molecule has 0 N–H and O–H groups in total. The number of hydrogen-bond acceptors (Lipinski definition) is 0. The Morgan fingerprint density at radius 1 is 1.54 bits per heavy atom. The third kappa shape index (κ3) is 4.53. The monoisotopic (exact) mass is 222 g/mol. The van der Waals surface area contributed by atoms with Gasteiger partial charge in [-0.3, -0.25) is 0 Å². The Kier molecular flexibility index (Phi) is 6.17. The average Bonchev–Trinajstić information content (AvgIpc) is 2.36. The topological polar surface area (TPSA) is 8.81 Å². The highest BCUT2D eigenvalue weighted by atomic mass is 35.5. The molecule has 1 heterocycles. The summed E-state index contributed by atoms with van der Waals surface area (Å²) in [5.41, 5.74) is 0. The van der Waals surface area contributed by atoms with Crippen LogP contribution in [-0.4, -0.2) is 9.94 Å².